The maximum absolute atomic E-state index is 9.11. The number of hydrogen-bond acceptors (Lipinski definition) is 3. The fraction of sp³-hybridized carbons (Fsp3) is 0.600. The zero-order valence-electron chi connectivity index (χ0n) is 11.4. The second-order valence-corrected chi connectivity index (χ2v) is 4.81. The van der Waals surface area contributed by atoms with Crippen LogP contribution < -0.4 is 5.73 Å². The highest BCUT2D eigenvalue weighted by molar-refractivity contribution is 5.40. The van der Waals surface area contributed by atoms with Crippen molar-refractivity contribution in [3.8, 4) is 0 Å². The highest BCUT2D eigenvalue weighted by Gasteiger charge is 2.05. The first-order valence-electron chi connectivity index (χ1n) is 6.94. The highest BCUT2D eigenvalue weighted by Crippen LogP contribution is 2.10. The van der Waals surface area contributed by atoms with Gasteiger partial charge >= 0.3 is 0 Å². The van der Waals surface area contributed by atoms with E-state index in [1.807, 2.05) is 18.2 Å². The van der Waals surface area contributed by atoms with E-state index in [2.05, 4.69) is 17.9 Å². The minimum Gasteiger partial charge on any atom is -0.399 e. The minimum absolute atomic E-state index is 0.218. The lowest BCUT2D eigenvalue weighted by molar-refractivity contribution is 0.187. The van der Waals surface area contributed by atoms with Crippen LogP contribution in [0.25, 0.3) is 0 Å². The summed E-state index contributed by atoms with van der Waals surface area (Å²) in [5.74, 6) is 0. The van der Waals surface area contributed by atoms with E-state index in [-0.39, 0.29) is 6.61 Å². The van der Waals surface area contributed by atoms with Gasteiger partial charge in [-0.2, -0.15) is 0 Å². The Labute approximate surface area is 111 Å². The number of unbranched alkanes of at least 4 members (excludes halogenated alkanes) is 3. The summed E-state index contributed by atoms with van der Waals surface area (Å²) in [5, 5.41) is 9.11. The number of nitrogens with two attached hydrogens (primary N) is 1. The molecule has 0 bridgehead atoms. The zero-order valence-corrected chi connectivity index (χ0v) is 11.4. The van der Waals surface area contributed by atoms with Gasteiger partial charge in [0, 0.05) is 18.8 Å². The molecule has 102 valence electrons. The molecule has 3 heteroatoms. The first-order valence-corrected chi connectivity index (χ1v) is 6.94. The van der Waals surface area contributed by atoms with Gasteiger partial charge in [0.25, 0.3) is 0 Å². The number of aliphatic hydroxyl groups is 1. The van der Waals surface area contributed by atoms with Crippen molar-refractivity contribution in [3.05, 3.63) is 29.8 Å². The summed E-state index contributed by atoms with van der Waals surface area (Å²) in [6.45, 7) is 5.10. The van der Waals surface area contributed by atoms with Gasteiger partial charge in [-0.05, 0) is 30.7 Å². The van der Waals surface area contributed by atoms with E-state index >= 15 is 0 Å². The molecule has 0 aliphatic rings. The molecule has 0 aliphatic carbocycles. The van der Waals surface area contributed by atoms with E-state index in [4.69, 9.17) is 10.8 Å². The first kappa shape index (κ1) is 15.0. The van der Waals surface area contributed by atoms with Gasteiger partial charge in [-0.3, -0.25) is 4.90 Å². The molecule has 0 saturated heterocycles. The fourth-order valence-corrected chi connectivity index (χ4v) is 2.12. The van der Waals surface area contributed by atoms with Crippen molar-refractivity contribution < 1.29 is 5.11 Å². The number of rotatable bonds is 9. The predicted molar refractivity (Wildman–Crippen MR) is 77.4 cm³/mol. The van der Waals surface area contributed by atoms with Gasteiger partial charge in [0.15, 0.2) is 0 Å². The van der Waals surface area contributed by atoms with Gasteiger partial charge in [0.05, 0.1) is 6.61 Å². The standard InChI is InChI=1S/C15H26N2O/c1-2-3-4-5-9-17(10-11-18)13-14-7-6-8-15(16)12-14/h6-8,12,18H,2-5,9-11,13,16H2,1H3. The summed E-state index contributed by atoms with van der Waals surface area (Å²) in [5.41, 5.74) is 7.81. The van der Waals surface area contributed by atoms with Gasteiger partial charge in [0.1, 0.15) is 0 Å². The molecule has 3 nitrogen and oxygen atoms in total. The Balaban J connectivity index is 2.41. The van der Waals surface area contributed by atoms with Gasteiger partial charge in [0.2, 0.25) is 0 Å². The lowest BCUT2D eigenvalue weighted by Gasteiger charge is -2.21. The van der Waals surface area contributed by atoms with Crippen LogP contribution >= 0.6 is 0 Å². The largest absolute Gasteiger partial charge is 0.399 e. The molecule has 0 aliphatic heterocycles. The van der Waals surface area contributed by atoms with E-state index in [1.165, 1.54) is 31.2 Å². The van der Waals surface area contributed by atoms with E-state index < -0.39 is 0 Å². The normalized spacial score (nSPS) is 11.1. The summed E-state index contributed by atoms with van der Waals surface area (Å²) in [6, 6.07) is 7.99. The molecule has 3 N–H and O–H groups in total. The van der Waals surface area contributed by atoms with Gasteiger partial charge in [-0.1, -0.05) is 38.3 Å². The molecule has 0 heterocycles. The minimum atomic E-state index is 0.218. The van der Waals surface area contributed by atoms with Crippen LogP contribution in [0.2, 0.25) is 0 Å². The Bertz CT molecular complexity index is 328. The Kier molecular flexibility index (Phi) is 7.46. The summed E-state index contributed by atoms with van der Waals surface area (Å²) < 4.78 is 0. The van der Waals surface area contributed by atoms with Crippen molar-refractivity contribution in [1.82, 2.24) is 4.90 Å². The quantitative estimate of drug-likeness (QED) is 0.523. The third-order valence-electron chi connectivity index (χ3n) is 3.10. The molecule has 0 spiro atoms. The molecule has 0 radical (unpaired) electrons. The van der Waals surface area contributed by atoms with Crippen molar-refractivity contribution in [1.29, 1.82) is 0 Å². The fourth-order valence-electron chi connectivity index (χ4n) is 2.12. The topological polar surface area (TPSA) is 49.5 Å². The third-order valence-corrected chi connectivity index (χ3v) is 3.10. The number of nitrogen functional groups attached to an aromatic ring is 1. The highest BCUT2D eigenvalue weighted by atomic mass is 16.3. The van der Waals surface area contributed by atoms with E-state index in [1.54, 1.807) is 0 Å². The third kappa shape index (κ3) is 6.03. The lowest BCUT2D eigenvalue weighted by Crippen LogP contribution is -2.27. The van der Waals surface area contributed by atoms with Crippen LogP contribution in [0.4, 0.5) is 5.69 Å². The molecule has 1 aromatic carbocycles. The number of hydrogen-bond donors (Lipinski definition) is 2. The van der Waals surface area contributed by atoms with Gasteiger partial charge < -0.3 is 10.8 Å². The molecule has 0 fully saturated rings. The zero-order chi connectivity index (χ0) is 13.2. The second-order valence-electron chi connectivity index (χ2n) is 4.81. The SMILES string of the molecule is CCCCCCN(CCO)Cc1cccc(N)c1. The Morgan fingerprint density at radius 1 is 1.17 bits per heavy atom. The molecule has 1 aromatic rings. The summed E-state index contributed by atoms with van der Waals surface area (Å²) in [7, 11) is 0. The summed E-state index contributed by atoms with van der Waals surface area (Å²) >= 11 is 0. The van der Waals surface area contributed by atoms with Crippen molar-refractivity contribution in [3.63, 3.8) is 0 Å². The monoisotopic (exact) mass is 250 g/mol. The molecule has 0 unspecified atom stereocenters. The van der Waals surface area contributed by atoms with E-state index in [0.29, 0.717) is 0 Å². The Hall–Kier alpha value is -1.06. The molecule has 0 aromatic heterocycles. The van der Waals surface area contributed by atoms with E-state index in [0.717, 1.165) is 25.3 Å². The Morgan fingerprint density at radius 2 is 2.00 bits per heavy atom. The van der Waals surface area contributed by atoms with Crippen LogP contribution in [0, 0.1) is 0 Å². The number of nitrogens with zero attached hydrogens (tertiary/aromatic N) is 1. The van der Waals surface area contributed by atoms with Crippen molar-refractivity contribution in [2.24, 2.45) is 0 Å². The number of anilines is 1. The van der Waals surface area contributed by atoms with Crippen LogP contribution in [0.15, 0.2) is 24.3 Å². The van der Waals surface area contributed by atoms with Crippen LogP contribution in [-0.4, -0.2) is 29.7 Å². The van der Waals surface area contributed by atoms with Crippen molar-refractivity contribution >= 4 is 5.69 Å². The average Bonchev–Trinajstić information content (AvgIpc) is 2.35. The Morgan fingerprint density at radius 3 is 2.67 bits per heavy atom. The van der Waals surface area contributed by atoms with Crippen molar-refractivity contribution in [2.45, 2.75) is 39.2 Å². The van der Waals surface area contributed by atoms with Gasteiger partial charge in [-0.25, -0.2) is 0 Å². The summed E-state index contributed by atoms with van der Waals surface area (Å²) in [6.07, 6.45) is 5.03. The van der Waals surface area contributed by atoms with E-state index in [9.17, 15) is 0 Å². The molecular formula is C15H26N2O. The van der Waals surface area contributed by atoms with Crippen LogP contribution in [0.3, 0.4) is 0 Å². The average molecular weight is 250 g/mol. The van der Waals surface area contributed by atoms with Crippen LogP contribution in [0.5, 0.6) is 0 Å². The molecule has 0 saturated carbocycles. The second kappa shape index (κ2) is 8.95. The smallest absolute Gasteiger partial charge is 0.0558 e. The summed E-state index contributed by atoms with van der Waals surface area (Å²) in [4.78, 5) is 2.30. The maximum atomic E-state index is 9.11. The molecule has 18 heavy (non-hydrogen) atoms. The van der Waals surface area contributed by atoms with Gasteiger partial charge in [-0.15, -0.1) is 0 Å². The molecule has 0 amide bonds. The molecular weight excluding hydrogens is 224 g/mol. The molecule has 1 rings (SSSR count). The first-order chi connectivity index (χ1) is 8.76. The predicted octanol–water partition coefficient (Wildman–Crippen LogP) is 2.64. The van der Waals surface area contributed by atoms with Crippen molar-refractivity contribution in [2.75, 3.05) is 25.4 Å². The van der Waals surface area contributed by atoms with Crippen LogP contribution in [0.1, 0.15) is 38.2 Å². The maximum Gasteiger partial charge on any atom is 0.0558 e. The lowest BCUT2D eigenvalue weighted by atomic mass is 10.1. The number of benzene rings is 1. The molecule has 0 atom stereocenters. The van der Waals surface area contributed by atoms with Crippen LogP contribution in [-0.2, 0) is 6.54 Å². The number of aliphatic hydroxyl groups excluding tert-OH is 1.